The molecule has 0 bridgehead atoms. The first kappa shape index (κ1) is 16.5. The zero-order valence-corrected chi connectivity index (χ0v) is 13.8. The lowest BCUT2D eigenvalue weighted by atomic mass is 10.1. The van der Waals surface area contributed by atoms with Gasteiger partial charge in [-0.2, -0.15) is 5.10 Å². The molecule has 7 heteroatoms. The van der Waals surface area contributed by atoms with E-state index in [4.69, 9.17) is 4.74 Å². The molecule has 25 heavy (non-hydrogen) atoms. The van der Waals surface area contributed by atoms with Gasteiger partial charge in [0, 0.05) is 5.69 Å². The van der Waals surface area contributed by atoms with Gasteiger partial charge >= 0.3 is 6.03 Å². The second-order valence-corrected chi connectivity index (χ2v) is 5.41. The number of urea groups is 1. The lowest BCUT2D eigenvalue weighted by Crippen LogP contribution is -2.34. The Morgan fingerprint density at radius 1 is 1.16 bits per heavy atom. The molecule has 0 unspecified atom stereocenters. The minimum atomic E-state index is -0.292. The molecule has 0 saturated heterocycles. The van der Waals surface area contributed by atoms with Crippen LogP contribution in [0.15, 0.2) is 67.3 Å². The van der Waals surface area contributed by atoms with E-state index in [2.05, 4.69) is 20.7 Å². The zero-order chi connectivity index (χ0) is 17.5. The Labute approximate surface area is 145 Å². The number of nitrogens with one attached hydrogen (secondary N) is 2. The number of amides is 2. The Kier molecular flexibility index (Phi) is 5.26. The number of nitrogens with zero attached hydrogens (tertiary/aromatic N) is 3. The van der Waals surface area contributed by atoms with E-state index < -0.39 is 0 Å². The van der Waals surface area contributed by atoms with Crippen LogP contribution < -0.4 is 15.4 Å². The van der Waals surface area contributed by atoms with Crippen LogP contribution in [-0.4, -0.2) is 27.9 Å². The van der Waals surface area contributed by atoms with Crippen LogP contribution in [0.5, 0.6) is 5.75 Å². The van der Waals surface area contributed by atoms with Crippen molar-refractivity contribution < 1.29 is 9.53 Å². The van der Waals surface area contributed by atoms with Crippen LogP contribution in [0.3, 0.4) is 0 Å². The number of carbonyl (C=O) groups excluding carboxylic acids is 1. The van der Waals surface area contributed by atoms with Crippen LogP contribution in [0.4, 0.5) is 10.5 Å². The van der Waals surface area contributed by atoms with Crippen LogP contribution in [0, 0.1) is 0 Å². The van der Waals surface area contributed by atoms with Crippen LogP contribution in [0.2, 0.25) is 0 Å². The van der Waals surface area contributed by atoms with Crippen molar-refractivity contribution in [3.8, 4) is 5.75 Å². The third kappa shape index (κ3) is 4.57. The number of benzene rings is 2. The predicted molar refractivity (Wildman–Crippen MR) is 94.4 cm³/mol. The van der Waals surface area contributed by atoms with Gasteiger partial charge in [-0.3, -0.25) is 4.68 Å². The molecule has 2 aromatic carbocycles. The lowest BCUT2D eigenvalue weighted by Gasteiger charge is -2.19. The summed E-state index contributed by atoms with van der Waals surface area (Å²) in [6, 6.07) is 16.4. The van der Waals surface area contributed by atoms with Crippen LogP contribution in [-0.2, 0) is 6.54 Å². The molecule has 1 aromatic heterocycles. The van der Waals surface area contributed by atoms with Crippen LogP contribution in [0.25, 0.3) is 0 Å². The lowest BCUT2D eigenvalue weighted by molar-refractivity contribution is 0.246. The number of carbonyl (C=O) groups is 1. The molecule has 0 fully saturated rings. The Bertz CT molecular complexity index is 788. The van der Waals surface area contributed by atoms with Crippen molar-refractivity contribution >= 4 is 11.7 Å². The van der Waals surface area contributed by atoms with E-state index in [1.54, 1.807) is 42.4 Å². The highest BCUT2D eigenvalue weighted by atomic mass is 16.5. The summed E-state index contributed by atoms with van der Waals surface area (Å²) < 4.78 is 6.80. The molecule has 0 aliphatic carbocycles. The SMILES string of the molecule is COc1ccc(NC(=O)N[C@@H](Cn2cncn2)c2ccccc2)cc1. The van der Waals surface area contributed by atoms with Crippen molar-refractivity contribution in [2.75, 3.05) is 12.4 Å². The fourth-order valence-electron chi connectivity index (χ4n) is 2.43. The van der Waals surface area contributed by atoms with Crippen molar-refractivity contribution in [2.24, 2.45) is 0 Å². The number of anilines is 1. The van der Waals surface area contributed by atoms with Gasteiger partial charge in [-0.1, -0.05) is 30.3 Å². The van der Waals surface area contributed by atoms with Crippen molar-refractivity contribution in [3.05, 3.63) is 72.8 Å². The van der Waals surface area contributed by atoms with Gasteiger partial charge in [0.15, 0.2) is 0 Å². The molecule has 2 N–H and O–H groups in total. The highest BCUT2D eigenvalue weighted by Crippen LogP contribution is 2.17. The summed E-state index contributed by atoms with van der Waals surface area (Å²) in [6.07, 6.45) is 3.10. The topological polar surface area (TPSA) is 81.1 Å². The molecular formula is C18H19N5O2. The fraction of sp³-hybridized carbons (Fsp3) is 0.167. The first-order valence-electron chi connectivity index (χ1n) is 7.83. The van der Waals surface area contributed by atoms with E-state index in [9.17, 15) is 4.79 Å². The summed E-state index contributed by atoms with van der Waals surface area (Å²) in [5.41, 5.74) is 1.67. The summed E-state index contributed by atoms with van der Waals surface area (Å²) in [5, 5.41) is 9.91. The standard InChI is InChI=1S/C18H19N5O2/c1-25-16-9-7-15(8-10-16)21-18(24)22-17(11-23-13-19-12-20-23)14-5-3-2-4-6-14/h2-10,12-13,17H,11H2,1H3,(H2,21,22,24)/t17-/m0/s1. The minimum absolute atomic E-state index is 0.235. The van der Waals surface area contributed by atoms with Gasteiger partial charge in [0.1, 0.15) is 18.4 Å². The van der Waals surface area contributed by atoms with Crippen molar-refractivity contribution in [3.63, 3.8) is 0 Å². The van der Waals surface area contributed by atoms with Gasteiger partial charge in [0.05, 0.1) is 19.7 Å². The normalized spacial score (nSPS) is 11.6. The Morgan fingerprint density at radius 2 is 1.92 bits per heavy atom. The molecule has 0 spiro atoms. The largest absolute Gasteiger partial charge is 0.497 e. The van der Waals surface area contributed by atoms with Crippen molar-refractivity contribution in [1.82, 2.24) is 20.1 Å². The number of rotatable bonds is 6. The van der Waals surface area contributed by atoms with E-state index in [1.165, 1.54) is 6.33 Å². The number of hydrogen-bond donors (Lipinski definition) is 2. The highest BCUT2D eigenvalue weighted by molar-refractivity contribution is 5.89. The molecule has 1 heterocycles. The maximum Gasteiger partial charge on any atom is 0.319 e. The monoisotopic (exact) mass is 337 g/mol. The number of methoxy groups -OCH3 is 1. The van der Waals surface area contributed by atoms with E-state index in [0.29, 0.717) is 12.2 Å². The van der Waals surface area contributed by atoms with Crippen LogP contribution in [0.1, 0.15) is 11.6 Å². The third-order valence-electron chi connectivity index (χ3n) is 3.69. The van der Waals surface area contributed by atoms with Gasteiger partial charge in [0.2, 0.25) is 0 Å². The molecule has 0 aliphatic heterocycles. The summed E-state index contributed by atoms with van der Waals surface area (Å²) in [7, 11) is 1.60. The smallest absolute Gasteiger partial charge is 0.319 e. The van der Waals surface area contributed by atoms with Gasteiger partial charge < -0.3 is 15.4 Å². The molecule has 3 aromatic rings. The highest BCUT2D eigenvalue weighted by Gasteiger charge is 2.15. The maximum absolute atomic E-state index is 12.4. The van der Waals surface area contributed by atoms with E-state index >= 15 is 0 Å². The summed E-state index contributed by atoms with van der Waals surface area (Å²) >= 11 is 0. The first-order chi connectivity index (χ1) is 12.2. The summed E-state index contributed by atoms with van der Waals surface area (Å²) in [4.78, 5) is 16.3. The molecule has 0 radical (unpaired) electrons. The van der Waals surface area contributed by atoms with Crippen molar-refractivity contribution in [1.29, 1.82) is 0 Å². The van der Waals surface area contributed by atoms with Crippen LogP contribution >= 0.6 is 0 Å². The van der Waals surface area contributed by atoms with E-state index in [0.717, 1.165) is 11.3 Å². The van der Waals surface area contributed by atoms with Crippen molar-refractivity contribution in [2.45, 2.75) is 12.6 Å². The Hall–Kier alpha value is -3.35. The Balaban J connectivity index is 1.69. The molecule has 0 saturated carbocycles. The quantitative estimate of drug-likeness (QED) is 0.725. The first-order valence-corrected chi connectivity index (χ1v) is 7.83. The zero-order valence-electron chi connectivity index (χ0n) is 13.8. The van der Waals surface area contributed by atoms with E-state index in [-0.39, 0.29) is 12.1 Å². The number of ether oxygens (including phenoxy) is 1. The van der Waals surface area contributed by atoms with E-state index in [1.807, 2.05) is 30.3 Å². The molecule has 128 valence electrons. The summed E-state index contributed by atoms with van der Waals surface area (Å²) in [5.74, 6) is 0.735. The number of aromatic nitrogens is 3. The molecular weight excluding hydrogens is 318 g/mol. The molecule has 2 amide bonds. The Morgan fingerprint density at radius 3 is 2.56 bits per heavy atom. The fourth-order valence-corrected chi connectivity index (χ4v) is 2.43. The van der Waals surface area contributed by atoms with Gasteiger partial charge in [-0.25, -0.2) is 9.78 Å². The second kappa shape index (κ2) is 7.96. The second-order valence-electron chi connectivity index (χ2n) is 5.41. The average molecular weight is 337 g/mol. The van der Waals surface area contributed by atoms with Gasteiger partial charge in [-0.05, 0) is 29.8 Å². The predicted octanol–water partition coefficient (Wildman–Crippen LogP) is 2.85. The maximum atomic E-state index is 12.4. The molecule has 0 aliphatic rings. The summed E-state index contributed by atoms with van der Waals surface area (Å²) in [6.45, 7) is 0.486. The third-order valence-corrected chi connectivity index (χ3v) is 3.69. The van der Waals surface area contributed by atoms with Gasteiger partial charge in [-0.15, -0.1) is 0 Å². The molecule has 7 nitrogen and oxygen atoms in total. The molecule has 1 atom stereocenters. The average Bonchev–Trinajstić information content (AvgIpc) is 3.16. The molecule has 3 rings (SSSR count). The van der Waals surface area contributed by atoms with Gasteiger partial charge in [0.25, 0.3) is 0 Å². The minimum Gasteiger partial charge on any atom is -0.497 e. The number of hydrogen-bond acceptors (Lipinski definition) is 4.